The summed E-state index contributed by atoms with van der Waals surface area (Å²) in [5.41, 5.74) is -0.300. The van der Waals surface area contributed by atoms with Gasteiger partial charge in [-0.25, -0.2) is 4.68 Å². The van der Waals surface area contributed by atoms with Crippen molar-refractivity contribution < 1.29 is 14.2 Å². The van der Waals surface area contributed by atoms with E-state index in [1.807, 2.05) is 4.68 Å². The number of methoxy groups -OCH3 is 2. The quantitative estimate of drug-likeness (QED) is 0.756. The zero-order chi connectivity index (χ0) is 17.0. The minimum absolute atomic E-state index is 0.122. The van der Waals surface area contributed by atoms with E-state index >= 15 is 0 Å². The first kappa shape index (κ1) is 17.7. The fraction of sp³-hybridized carbons (Fsp3) is 0.938. The number of aromatic nitrogens is 4. The van der Waals surface area contributed by atoms with Gasteiger partial charge in [0.1, 0.15) is 5.60 Å². The minimum Gasteiger partial charge on any atom is -0.381 e. The van der Waals surface area contributed by atoms with Crippen molar-refractivity contribution in [2.75, 3.05) is 40.5 Å². The Morgan fingerprint density at radius 3 is 2.75 bits per heavy atom. The average Bonchev–Trinajstić information content (AvgIpc) is 3.03. The van der Waals surface area contributed by atoms with Gasteiger partial charge in [0.05, 0.1) is 12.6 Å². The van der Waals surface area contributed by atoms with Gasteiger partial charge < -0.3 is 14.2 Å². The van der Waals surface area contributed by atoms with Crippen LogP contribution in [0.25, 0.3) is 0 Å². The number of nitrogens with zero attached hydrogens (tertiary/aromatic N) is 5. The van der Waals surface area contributed by atoms with Crippen molar-refractivity contribution in [1.29, 1.82) is 0 Å². The number of piperidine rings is 1. The molecule has 2 aliphatic heterocycles. The monoisotopic (exact) mass is 339 g/mol. The van der Waals surface area contributed by atoms with Crippen LogP contribution in [0.3, 0.4) is 0 Å². The SMILES string of the molecule is CO[C@@H]1CCN(Cc2nnnn2CC2CCOCC2)C[C@]1(C)OC. The molecule has 1 aromatic heterocycles. The highest BCUT2D eigenvalue weighted by Crippen LogP contribution is 2.27. The summed E-state index contributed by atoms with van der Waals surface area (Å²) >= 11 is 0. The van der Waals surface area contributed by atoms with Crippen molar-refractivity contribution in [2.24, 2.45) is 5.92 Å². The molecule has 2 fully saturated rings. The molecule has 0 spiro atoms. The molecular formula is C16H29N5O3. The summed E-state index contributed by atoms with van der Waals surface area (Å²) in [5.74, 6) is 1.53. The molecule has 0 saturated carbocycles. The Bertz CT molecular complexity index is 520. The molecule has 1 aromatic rings. The molecule has 0 unspecified atom stereocenters. The molecule has 0 N–H and O–H groups in total. The van der Waals surface area contributed by atoms with Gasteiger partial charge in [0.25, 0.3) is 0 Å². The number of tetrazole rings is 1. The third-order valence-electron chi connectivity index (χ3n) is 5.42. The van der Waals surface area contributed by atoms with Gasteiger partial charge in [-0.15, -0.1) is 5.10 Å². The molecule has 24 heavy (non-hydrogen) atoms. The zero-order valence-corrected chi connectivity index (χ0v) is 15.0. The maximum absolute atomic E-state index is 5.74. The first-order valence-corrected chi connectivity index (χ1v) is 8.77. The van der Waals surface area contributed by atoms with Crippen LogP contribution in [-0.2, 0) is 27.3 Å². The van der Waals surface area contributed by atoms with Gasteiger partial charge in [-0.05, 0) is 42.5 Å². The standard InChI is InChI=1S/C16H29N5O3/c1-16(23-3)12-20(7-4-14(16)22-2)11-15-17-18-19-21(15)10-13-5-8-24-9-6-13/h13-14H,4-12H2,1-3H3/t14-,16+/m1/s1. The molecule has 0 aromatic carbocycles. The summed E-state index contributed by atoms with van der Waals surface area (Å²) < 4.78 is 18.7. The molecule has 3 heterocycles. The average molecular weight is 339 g/mol. The minimum atomic E-state index is -0.300. The highest BCUT2D eigenvalue weighted by atomic mass is 16.5. The Morgan fingerprint density at radius 2 is 2.04 bits per heavy atom. The second kappa shape index (κ2) is 7.86. The lowest BCUT2D eigenvalue weighted by Gasteiger charge is -2.44. The number of likely N-dealkylation sites (tertiary alicyclic amines) is 1. The third-order valence-corrected chi connectivity index (χ3v) is 5.42. The Morgan fingerprint density at radius 1 is 1.25 bits per heavy atom. The molecule has 2 atom stereocenters. The van der Waals surface area contributed by atoms with Crippen molar-refractivity contribution in [2.45, 2.75) is 51.0 Å². The van der Waals surface area contributed by atoms with Crippen molar-refractivity contribution >= 4 is 0 Å². The Kier molecular flexibility index (Phi) is 5.80. The second-order valence-electron chi connectivity index (χ2n) is 7.07. The van der Waals surface area contributed by atoms with Gasteiger partial charge in [-0.3, -0.25) is 4.90 Å². The molecule has 136 valence electrons. The van der Waals surface area contributed by atoms with Crippen molar-refractivity contribution in [3.05, 3.63) is 5.82 Å². The molecule has 0 amide bonds. The van der Waals surface area contributed by atoms with Gasteiger partial charge in [0.15, 0.2) is 5.82 Å². The highest BCUT2D eigenvalue weighted by Gasteiger charge is 2.40. The predicted octanol–water partition coefficient (Wildman–Crippen LogP) is 0.726. The molecule has 0 bridgehead atoms. The summed E-state index contributed by atoms with van der Waals surface area (Å²) in [4.78, 5) is 2.35. The van der Waals surface area contributed by atoms with Crippen LogP contribution in [0, 0.1) is 5.92 Å². The Balaban J connectivity index is 1.61. The normalized spacial score (nSPS) is 29.9. The lowest BCUT2D eigenvalue weighted by atomic mass is 9.91. The maximum atomic E-state index is 5.74. The van der Waals surface area contributed by atoms with E-state index in [4.69, 9.17) is 14.2 Å². The summed E-state index contributed by atoms with van der Waals surface area (Å²) in [6, 6.07) is 0. The van der Waals surface area contributed by atoms with E-state index in [0.29, 0.717) is 5.92 Å². The van der Waals surface area contributed by atoms with Crippen LogP contribution in [0.4, 0.5) is 0 Å². The summed E-state index contributed by atoms with van der Waals surface area (Å²) in [7, 11) is 3.51. The molecule has 0 aliphatic carbocycles. The molecule has 2 saturated heterocycles. The molecule has 0 radical (unpaired) electrons. The molecule has 8 nitrogen and oxygen atoms in total. The van der Waals surface area contributed by atoms with Crippen LogP contribution >= 0.6 is 0 Å². The topological polar surface area (TPSA) is 74.5 Å². The first-order chi connectivity index (χ1) is 11.6. The van der Waals surface area contributed by atoms with Crippen LogP contribution in [0.5, 0.6) is 0 Å². The highest BCUT2D eigenvalue weighted by molar-refractivity contribution is 4.95. The van der Waals surface area contributed by atoms with Crippen LogP contribution in [-0.4, -0.2) is 77.3 Å². The third kappa shape index (κ3) is 3.93. The Labute approximate surface area is 143 Å². The van der Waals surface area contributed by atoms with Gasteiger partial charge >= 0.3 is 0 Å². The van der Waals surface area contributed by atoms with Gasteiger partial charge in [-0.1, -0.05) is 0 Å². The fourth-order valence-electron chi connectivity index (χ4n) is 3.78. The maximum Gasteiger partial charge on any atom is 0.165 e. The van der Waals surface area contributed by atoms with Crippen molar-refractivity contribution in [3.63, 3.8) is 0 Å². The van der Waals surface area contributed by atoms with Crippen LogP contribution in [0.2, 0.25) is 0 Å². The number of rotatable bonds is 6. The van der Waals surface area contributed by atoms with E-state index in [1.54, 1.807) is 14.2 Å². The van der Waals surface area contributed by atoms with Gasteiger partial charge in [0, 0.05) is 47.1 Å². The first-order valence-electron chi connectivity index (χ1n) is 8.77. The summed E-state index contributed by atoms with van der Waals surface area (Å²) in [5, 5.41) is 12.3. The molecule has 8 heteroatoms. The predicted molar refractivity (Wildman–Crippen MR) is 87.5 cm³/mol. The fourth-order valence-corrected chi connectivity index (χ4v) is 3.78. The number of ether oxygens (including phenoxy) is 3. The van der Waals surface area contributed by atoms with E-state index in [2.05, 4.69) is 27.3 Å². The van der Waals surface area contributed by atoms with Crippen LogP contribution in [0.15, 0.2) is 0 Å². The summed E-state index contributed by atoms with van der Waals surface area (Å²) in [6.07, 6.45) is 3.24. The smallest absolute Gasteiger partial charge is 0.165 e. The second-order valence-corrected chi connectivity index (χ2v) is 7.07. The largest absolute Gasteiger partial charge is 0.381 e. The van der Waals surface area contributed by atoms with E-state index in [0.717, 1.165) is 64.5 Å². The van der Waals surface area contributed by atoms with Crippen LogP contribution < -0.4 is 0 Å². The van der Waals surface area contributed by atoms with Crippen molar-refractivity contribution in [3.8, 4) is 0 Å². The summed E-state index contributed by atoms with van der Waals surface area (Å²) in [6.45, 7) is 7.19. The van der Waals surface area contributed by atoms with Gasteiger partial charge in [-0.2, -0.15) is 0 Å². The molecule has 3 rings (SSSR count). The zero-order valence-electron chi connectivity index (χ0n) is 15.0. The van der Waals surface area contributed by atoms with E-state index in [-0.39, 0.29) is 11.7 Å². The lowest BCUT2D eigenvalue weighted by Crippen LogP contribution is -2.56. The van der Waals surface area contributed by atoms with Crippen molar-refractivity contribution in [1.82, 2.24) is 25.1 Å². The molecule has 2 aliphatic rings. The van der Waals surface area contributed by atoms with E-state index in [1.165, 1.54) is 0 Å². The van der Waals surface area contributed by atoms with Crippen LogP contribution in [0.1, 0.15) is 32.0 Å². The van der Waals surface area contributed by atoms with E-state index < -0.39 is 0 Å². The van der Waals surface area contributed by atoms with E-state index in [9.17, 15) is 0 Å². The Hall–Kier alpha value is -1.09. The number of hydrogen-bond acceptors (Lipinski definition) is 7. The molecular weight excluding hydrogens is 310 g/mol. The van der Waals surface area contributed by atoms with Gasteiger partial charge in [0.2, 0.25) is 0 Å². The lowest BCUT2D eigenvalue weighted by molar-refractivity contribution is -0.145. The number of hydrogen-bond donors (Lipinski definition) is 0.